The molecule has 0 radical (unpaired) electrons. The summed E-state index contributed by atoms with van der Waals surface area (Å²) in [6, 6.07) is 0.515. The number of carbonyl (C=O) groups is 1. The molecule has 0 aromatic heterocycles. The lowest BCUT2D eigenvalue weighted by Gasteiger charge is -2.38. The fourth-order valence-electron chi connectivity index (χ4n) is 2.80. The predicted molar refractivity (Wildman–Crippen MR) is 64.8 cm³/mol. The van der Waals surface area contributed by atoms with E-state index in [9.17, 15) is 4.79 Å². The van der Waals surface area contributed by atoms with Crippen molar-refractivity contribution in [2.45, 2.75) is 38.6 Å². The molecule has 0 aliphatic carbocycles. The maximum Gasteiger partial charge on any atom is 0.310 e. The van der Waals surface area contributed by atoms with Gasteiger partial charge in [0.2, 0.25) is 0 Å². The smallest absolute Gasteiger partial charge is 0.310 e. The molecule has 2 fully saturated rings. The molecule has 0 N–H and O–H groups in total. The van der Waals surface area contributed by atoms with Crippen molar-refractivity contribution < 1.29 is 14.3 Å². The highest BCUT2D eigenvalue weighted by molar-refractivity contribution is 5.72. The second-order valence-electron chi connectivity index (χ2n) is 4.96. The van der Waals surface area contributed by atoms with Gasteiger partial charge in [0.05, 0.1) is 19.1 Å². The Morgan fingerprint density at radius 3 is 3.00 bits per heavy atom. The molecule has 2 rings (SSSR count). The van der Waals surface area contributed by atoms with Gasteiger partial charge in [-0.05, 0) is 39.2 Å². The van der Waals surface area contributed by atoms with Gasteiger partial charge < -0.3 is 9.47 Å². The number of rotatable bonds is 3. The van der Waals surface area contributed by atoms with Gasteiger partial charge >= 0.3 is 5.97 Å². The van der Waals surface area contributed by atoms with E-state index >= 15 is 0 Å². The molecule has 0 aromatic rings. The molecule has 2 saturated heterocycles. The van der Waals surface area contributed by atoms with Crippen LogP contribution in [-0.4, -0.2) is 49.8 Å². The maximum absolute atomic E-state index is 11.7. The Bertz CT molecular complexity index is 251. The Hall–Kier alpha value is -0.610. The first-order valence-corrected chi connectivity index (χ1v) is 6.79. The zero-order chi connectivity index (χ0) is 12.1. The number of ether oxygens (including phenoxy) is 2. The molecule has 0 amide bonds. The third-order valence-electron chi connectivity index (χ3n) is 3.73. The molecule has 2 aliphatic rings. The Morgan fingerprint density at radius 2 is 2.29 bits per heavy atom. The van der Waals surface area contributed by atoms with E-state index in [0.717, 1.165) is 45.6 Å². The summed E-state index contributed by atoms with van der Waals surface area (Å²) in [6.07, 6.45) is 4.42. The van der Waals surface area contributed by atoms with Crippen LogP contribution in [0.5, 0.6) is 0 Å². The van der Waals surface area contributed by atoms with E-state index in [1.54, 1.807) is 0 Å². The van der Waals surface area contributed by atoms with Gasteiger partial charge in [0.1, 0.15) is 0 Å². The Balaban J connectivity index is 1.85. The zero-order valence-corrected chi connectivity index (χ0v) is 10.7. The number of nitrogens with zero attached hydrogens (tertiary/aromatic N) is 1. The summed E-state index contributed by atoms with van der Waals surface area (Å²) in [5, 5.41) is 0. The lowest BCUT2D eigenvalue weighted by atomic mass is 9.95. The van der Waals surface area contributed by atoms with E-state index < -0.39 is 0 Å². The number of piperidine rings is 1. The number of esters is 1. The largest absolute Gasteiger partial charge is 0.466 e. The second-order valence-corrected chi connectivity index (χ2v) is 4.96. The summed E-state index contributed by atoms with van der Waals surface area (Å²) in [4.78, 5) is 14.2. The molecular formula is C13H23NO3. The summed E-state index contributed by atoms with van der Waals surface area (Å²) < 4.78 is 10.6. The molecule has 98 valence electrons. The predicted octanol–water partition coefficient (Wildman–Crippen LogP) is 1.44. The maximum atomic E-state index is 11.7. The molecule has 2 atom stereocenters. The minimum Gasteiger partial charge on any atom is -0.466 e. The van der Waals surface area contributed by atoms with E-state index in [4.69, 9.17) is 9.47 Å². The highest BCUT2D eigenvalue weighted by Crippen LogP contribution is 2.23. The molecule has 1 unspecified atom stereocenters. The van der Waals surface area contributed by atoms with Crippen LogP contribution in [0.25, 0.3) is 0 Å². The normalized spacial score (nSPS) is 31.1. The zero-order valence-electron chi connectivity index (χ0n) is 10.7. The summed E-state index contributed by atoms with van der Waals surface area (Å²) in [7, 11) is 0. The molecule has 17 heavy (non-hydrogen) atoms. The first-order valence-electron chi connectivity index (χ1n) is 6.79. The highest BCUT2D eigenvalue weighted by Gasteiger charge is 2.31. The summed E-state index contributed by atoms with van der Waals surface area (Å²) >= 11 is 0. The monoisotopic (exact) mass is 241 g/mol. The molecule has 4 heteroatoms. The van der Waals surface area contributed by atoms with Gasteiger partial charge in [0.15, 0.2) is 0 Å². The van der Waals surface area contributed by atoms with Crippen LogP contribution in [0.4, 0.5) is 0 Å². The summed E-state index contributed by atoms with van der Waals surface area (Å²) in [5.74, 6) is 0.0551. The molecule has 0 spiro atoms. The van der Waals surface area contributed by atoms with E-state index in [0.29, 0.717) is 12.6 Å². The lowest BCUT2D eigenvalue weighted by molar-refractivity contribution is -0.150. The van der Waals surface area contributed by atoms with Gasteiger partial charge in [-0.3, -0.25) is 9.69 Å². The average molecular weight is 241 g/mol. The van der Waals surface area contributed by atoms with Crippen LogP contribution in [0.15, 0.2) is 0 Å². The van der Waals surface area contributed by atoms with Crippen LogP contribution >= 0.6 is 0 Å². The van der Waals surface area contributed by atoms with Crippen LogP contribution in [0.3, 0.4) is 0 Å². The Labute approximate surface area is 103 Å². The lowest BCUT2D eigenvalue weighted by Crippen LogP contribution is -2.48. The van der Waals surface area contributed by atoms with Crippen molar-refractivity contribution in [1.29, 1.82) is 0 Å². The first-order chi connectivity index (χ1) is 8.31. The van der Waals surface area contributed by atoms with Gasteiger partial charge in [-0.15, -0.1) is 0 Å². The third-order valence-corrected chi connectivity index (χ3v) is 3.73. The Morgan fingerprint density at radius 1 is 1.41 bits per heavy atom. The number of likely N-dealkylation sites (tertiary alicyclic amines) is 1. The van der Waals surface area contributed by atoms with Crippen molar-refractivity contribution in [2.75, 3.05) is 32.9 Å². The third kappa shape index (κ3) is 3.42. The SMILES string of the molecule is CCOC(=O)[C@H]1CCCN(C2CCCOC2)C1. The number of carbonyl (C=O) groups excluding carboxylic acids is 1. The summed E-state index contributed by atoms with van der Waals surface area (Å²) in [6.45, 7) is 6.04. The average Bonchev–Trinajstić information content (AvgIpc) is 2.40. The van der Waals surface area contributed by atoms with Crippen LogP contribution in [0.2, 0.25) is 0 Å². The van der Waals surface area contributed by atoms with Gasteiger partial charge in [0, 0.05) is 19.2 Å². The molecule has 0 aromatic carbocycles. The quantitative estimate of drug-likeness (QED) is 0.701. The molecule has 2 aliphatic heterocycles. The number of hydrogen-bond acceptors (Lipinski definition) is 4. The van der Waals surface area contributed by atoms with Crippen molar-refractivity contribution in [2.24, 2.45) is 5.92 Å². The van der Waals surface area contributed by atoms with E-state index in [-0.39, 0.29) is 11.9 Å². The summed E-state index contributed by atoms with van der Waals surface area (Å²) in [5.41, 5.74) is 0. The molecule has 4 nitrogen and oxygen atoms in total. The first kappa shape index (κ1) is 12.8. The molecular weight excluding hydrogens is 218 g/mol. The van der Waals surface area contributed by atoms with Crippen LogP contribution < -0.4 is 0 Å². The standard InChI is InChI=1S/C13H23NO3/c1-2-17-13(15)11-5-3-7-14(9-11)12-6-4-8-16-10-12/h11-12H,2-10H2,1H3/t11-,12?/m0/s1. The van der Waals surface area contributed by atoms with Crippen molar-refractivity contribution in [3.05, 3.63) is 0 Å². The van der Waals surface area contributed by atoms with Crippen molar-refractivity contribution in [3.8, 4) is 0 Å². The molecule has 0 bridgehead atoms. The minimum atomic E-state index is -0.0195. The fourth-order valence-corrected chi connectivity index (χ4v) is 2.80. The van der Waals surface area contributed by atoms with Gasteiger partial charge in [-0.2, -0.15) is 0 Å². The fraction of sp³-hybridized carbons (Fsp3) is 0.923. The van der Waals surface area contributed by atoms with Crippen molar-refractivity contribution >= 4 is 5.97 Å². The Kier molecular flexibility index (Phi) is 4.80. The van der Waals surface area contributed by atoms with E-state index in [1.165, 1.54) is 6.42 Å². The van der Waals surface area contributed by atoms with Crippen LogP contribution in [-0.2, 0) is 14.3 Å². The van der Waals surface area contributed by atoms with Crippen LogP contribution in [0.1, 0.15) is 32.6 Å². The van der Waals surface area contributed by atoms with Gasteiger partial charge in [-0.25, -0.2) is 0 Å². The van der Waals surface area contributed by atoms with E-state index in [2.05, 4.69) is 4.90 Å². The van der Waals surface area contributed by atoms with Crippen molar-refractivity contribution in [1.82, 2.24) is 4.90 Å². The molecule has 2 heterocycles. The van der Waals surface area contributed by atoms with Gasteiger partial charge in [-0.1, -0.05) is 0 Å². The highest BCUT2D eigenvalue weighted by atomic mass is 16.5. The van der Waals surface area contributed by atoms with Crippen molar-refractivity contribution in [3.63, 3.8) is 0 Å². The number of hydrogen-bond donors (Lipinski definition) is 0. The van der Waals surface area contributed by atoms with E-state index in [1.807, 2.05) is 6.92 Å². The van der Waals surface area contributed by atoms with Crippen LogP contribution in [0, 0.1) is 5.92 Å². The molecule has 0 saturated carbocycles. The van der Waals surface area contributed by atoms with Gasteiger partial charge in [0.25, 0.3) is 0 Å². The topological polar surface area (TPSA) is 38.8 Å². The second kappa shape index (κ2) is 6.36. The minimum absolute atomic E-state index is 0.0195.